The minimum atomic E-state index is -3.73. The molecule has 1 aliphatic carbocycles. The van der Waals surface area contributed by atoms with Crippen molar-refractivity contribution in [1.29, 1.82) is 0 Å². The van der Waals surface area contributed by atoms with Gasteiger partial charge in [-0.25, -0.2) is 17.5 Å². The van der Waals surface area contributed by atoms with Gasteiger partial charge in [-0.05, 0) is 25.0 Å². The number of esters is 1. The summed E-state index contributed by atoms with van der Waals surface area (Å²) in [5, 5.41) is -0.265. The fourth-order valence-electron chi connectivity index (χ4n) is 3.75. The molecule has 29 heavy (non-hydrogen) atoms. The second-order valence-corrected chi connectivity index (χ2v) is 9.58. The van der Waals surface area contributed by atoms with Gasteiger partial charge in [0.05, 0.1) is 0 Å². The predicted molar refractivity (Wildman–Crippen MR) is 100 cm³/mol. The molecule has 160 valence electrons. The predicted octanol–water partition coefficient (Wildman–Crippen LogP) is 1.17. The highest BCUT2D eigenvalue weighted by Gasteiger charge is 2.55. The third-order valence-electron chi connectivity index (χ3n) is 5.52. The van der Waals surface area contributed by atoms with Gasteiger partial charge in [0.25, 0.3) is 15.9 Å². The van der Waals surface area contributed by atoms with Gasteiger partial charge in [-0.1, -0.05) is 19.3 Å². The van der Waals surface area contributed by atoms with E-state index in [-0.39, 0.29) is 23.4 Å². The summed E-state index contributed by atoms with van der Waals surface area (Å²) in [7, 11) is 0.608. The van der Waals surface area contributed by atoms with Gasteiger partial charge in [-0.15, -0.1) is 0 Å². The van der Waals surface area contributed by atoms with Crippen molar-refractivity contribution >= 4 is 27.9 Å². The van der Waals surface area contributed by atoms with Crippen LogP contribution in [0.4, 0.5) is 4.79 Å². The SMILES string of the molecule is CN1C(=O)N(CC(=O)OCc2ccc(S(=O)(=O)N(C)C)o2)C(=O)C12CCCCC2. The van der Waals surface area contributed by atoms with Crippen molar-refractivity contribution in [3.63, 3.8) is 0 Å². The Morgan fingerprint density at radius 2 is 1.86 bits per heavy atom. The number of likely N-dealkylation sites (N-methyl/N-ethyl adjacent to an activating group) is 1. The first-order valence-corrected chi connectivity index (χ1v) is 10.8. The zero-order valence-electron chi connectivity index (χ0n) is 16.7. The van der Waals surface area contributed by atoms with E-state index < -0.39 is 34.1 Å². The maximum absolute atomic E-state index is 12.9. The van der Waals surface area contributed by atoms with Crippen LogP contribution in [0.3, 0.4) is 0 Å². The number of amides is 3. The molecule has 1 aromatic rings. The molecule has 1 saturated heterocycles. The molecule has 1 aliphatic heterocycles. The van der Waals surface area contributed by atoms with E-state index in [0.29, 0.717) is 12.8 Å². The molecule has 3 rings (SSSR count). The Balaban J connectivity index is 1.61. The molecule has 0 radical (unpaired) electrons. The molecule has 0 atom stereocenters. The van der Waals surface area contributed by atoms with E-state index in [1.54, 1.807) is 7.05 Å². The first-order chi connectivity index (χ1) is 13.6. The highest BCUT2D eigenvalue weighted by molar-refractivity contribution is 7.88. The maximum Gasteiger partial charge on any atom is 0.327 e. The molecule has 1 saturated carbocycles. The maximum atomic E-state index is 12.9. The topological polar surface area (TPSA) is 117 Å². The number of carbonyl (C=O) groups is 3. The van der Waals surface area contributed by atoms with Crippen LogP contribution >= 0.6 is 0 Å². The largest absolute Gasteiger partial charge is 0.456 e. The number of nitrogens with zero attached hydrogens (tertiary/aromatic N) is 3. The molecule has 0 aromatic carbocycles. The lowest BCUT2D eigenvalue weighted by atomic mass is 9.81. The number of ether oxygens (including phenoxy) is 1. The second-order valence-electron chi connectivity index (χ2n) is 7.49. The monoisotopic (exact) mass is 427 g/mol. The highest BCUT2D eigenvalue weighted by Crippen LogP contribution is 2.39. The Morgan fingerprint density at radius 3 is 2.48 bits per heavy atom. The summed E-state index contributed by atoms with van der Waals surface area (Å²) in [6.07, 6.45) is 3.93. The molecule has 1 aromatic heterocycles. The van der Waals surface area contributed by atoms with Crippen LogP contribution in [-0.2, 0) is 31.0 Å². The van der Waals surface area contributed by atoms with E-state index in [2.05, 4.69) is 0 Å². The van der Waals surface area contributed by atoms with E-state index in [1.165, 1.54) is 31.1 Å². The van der Waals surface area contributed by atoms with Crippen LogP contribution < -0.4 is 0 Å². The second kappa shape index (κ2) is 7.79. The van der Waals surface area contributed by atoms with Crippen LogP contribution in [0.5, 0.6) is 0 Å². The molecule has 3 amide bonds. The number of furan rings is 1. The smallest absolute Gasteiger partial charge is 0.327 e. The van der Waals surface area contributed by atoms with Crippen molar-refractivity contribution in [2.45, 2.75) is 49.3 Å². The lowest BCUT2D eigenvalue weighted by Gasteiger charge is -2.35. The lowest BCUT2D eigenvalue weighted by molar-refractivity contribution is -0.149. The lowest BCUT2D eigenvalue weighted by Crippen LogP contribution is -2.49. The molecule has 2 heterocycles. The van der Waals surface area contributed by atoms with Crippen molar-refractivity contribution < 1.29 is 32.0 Å². The van der Waals surface area contributed by atoms with Crippen LogP contribution in [-0.4, -0.2) is 73.7 Å². The van der Waals surface area contributed by atoms with E-state index in [1.807, 2.05) is 0 Å². The molecule has 2 fully saturated rings. The van der Waals surface area contributed by atoms with Gasteiger partial charge in [0, 0.05) is 21.1 Å². The molecular formula is C18H25N3O7S. The number of rotatable bonds is 6. The zero-order valence-corrected chi connectivity index (χ0v) is 17.5. The number of hydrogen-bond acceptors (Lipinski definition) is 7. The van der Waals surface area contributed by atoms with Crippen molar-refractivity contribution in [1.82, 2.24) is 14.1 Å². The third kappa shape index (κ3) is 3.76. The van der Waals surface area contributed by atoms with E-state index in [4.69, 9.17) is 9.15 Å². The molecule has 1 spiro atoms. The summed E-state index contributed by atoms with van der Waals surface area (Å²) in [5.74, 6) is -1.00. The normalized spacial score (nSPS) is 19.4. The highest BCUT2D eigenvalue weighted by atomic mass is 32.2. The van der Waals surface area contributed by atoms with Gasteiger partial charge < -0.3 is 14.1 Å². The molecule has 2 aliphatic rings. The van der Waals surface area contributed by atoms with Crippen LogP contribution in [0.2, 0.25) is 0 Å². The summed E-state index contributed by atoms with van der Waals surface area (Å²) in [4.78, 5) is 39.9. The van der Waals surface area contributed by atoms with Crippen LogP contribution in [0.15, 0.2) is 21.6 Å². The van der Waals surface area contributed by atoms with E-state index in [9.17, 15) is 22.8 Å². The quantitative estimate of drug-likeness (QED) is 0.494. The van der Waals surface area contributed by atoms with E-state index >= 15 is 0 Å². The first-order valence-electron chi connectivity index (χ1n) is 9.36. The van der Waals surface area contributed by atoms with Gasteiger partial charge in [-0.3, -0.25) is 14.5 Å². The average molecular weight is 427 g/mol. The standard InChI is InChI=1S/C18H25N3O7S/c1-19(2)29(25,26)15-8-7-13(28-15)12-27-14(22)11-21-16(23)18(20(3)17(21)24)9-5-4-6-10-18/h7-8H,4-6,9-12H2,1-3H3. The summed E-state index contributed by atoms with van der Waals surface area (Å²) < 4.78 is 35.3. The minimum Gasteiger partial charge on any atom is -0.456 e. The average Bonchev–Trinajstić information content (AvgIpc) is 3.23. The molecule has 10 nitrogen and oxygen atoms in total. The van der Waals surface area contributed by atoms with Crippen molar-refractivity contribution in [2.75, 3.05) is 27.7 Å². The Hall–Kier alpha value is -2.40. The van der Waals surface area contributed by atoms with Gasteiger partial charge in [0.1, 0.15) is 24.5 Å². The number of sulfonamides is 1. The molecule has 0 bridgehead atoms. The Morgan fingerprint density at radius 1 is 1.21 bits per heavy atom. The minimum absolute atomic E-state index is 0.138. The van der Waals surface area contributed by atoms with Crippen molar-refractivity contribution in [3.05, 3.63) is 17.9 Å². The molecule has 11 heteroatoms. The Labute approximate surface area is 169 Å². The van der Waals surface area contributed by atoms with Crippen LogP contribution in [0, 0.1) is 0 Å². The van der Waals surface area contributed by atoms with Gasteiger partial charge in [-0.2, -0.15) is 0 Å². The molecule has 0 unspecified atom stereocenters. The van der Waals surface area contributed by atoms with Crippen LogP contribution in [0.25, 0.3) is 0 Å². The Kier molecular flexibility index (Phi) is 5.72. The number of urea groups is 1. The third-order valence-corrected chi connectivity index (χ3v) is 7.21. The van der Waals surface area contributed by atoms with Gasteiger partial charge >= 0.3 is 12.0 Å². The van der Waals surface area contributed by atoms with Crippen molar-refractivity contribution in [3.8, 4) is 0 Å². The van der Waals surface area contributed by atoms with Gasteiger partial charge in [0.2, 0.25) is 5.09 Å². The zero-order chi connectivity index (χ0) is 21.4. The molecule has 0 N–H and O–H groups in total. The fraction of sp³-hybridized carbons (Fsp3) is 0.611. The number of imide groups is 1. The van der Waals surface area contributed by atoms with E-state index in [0.717, 1.165) is 28.5 Å². The fourth-order valence-corrected chi connectivity index (χ4v) is 4.56. The first kappa shape index (κ1) is 21.3. The summed E-state index contributed by atoms with van der Waals surface area (Å²) in [6, 6.07) is 2.15. The summed E-state index contributed by atoms with van der Waals surface area (Å²) >= 11 is 0. The van der Waals surface area contributed by atoms with Gasteiger partial charge in [0.15, 0.2) is 0 Å². The van der Waals surface area contributed by atoms with Crippen molar-refractivity contribution in [2.24, 2.45) is 0 Å². The summed E-state index contributed by atoms with van der Waals surface area (Å²) in [6.45, 7) is -0.799. The van der Waals surface area contributed by atoms with Crippen LogP contribution in [0.1, 0.15) is 37.9 Å². The number of carbonyl (C=O) groups excluding carboxylic acids is 3. The Bertz CT molecular complexity index is 916. The number of hydrogen-bond donors (Lipinski definition) is 0. The molecular weight excluding hydrogens is 402 g/mol. The summed E-state index contributed by atoms with van der Waals surface area (Å²) in [5.41, 5.74) is -0.855.